The van der Waals surface area contributed by atoms with Gasteiger partial charge in [0.15, 0.2) is 0 Å². The van der Waals surface area contributed by atoms with E-state index in [1.54, 1.807) is 0 Å². The molecular formula is C8H14IN. The number of piperidine rings is 1. The van der Waals surface area contributed by atoms with Gasteiger partial charge in [-0.25, -0.2) is 0 Å². The molecule has 0 radical (unpaired) electrons. The van der Waals surface area contributed by atoms with E-state index in [0.717, 1.165) is 5.92 Å². The summed E-state index contributed by atoms with van der Waals surface area (Å²) in [6, 6.07) is 0. The number of alkyl halides is 1. The van der Waals surface area contributed by atoms with Crippen LogP contribution in [0.2, 0.25) is 0 Å². The Labute approximate surface area is 76.4 Å². The first-order valence-electron chi connectivity index (χ1n) is 3.82. The van der Waals surface area contributed by atoms with Crippen molar-refractivity contribution in [2.24, 2.45) is 5.92 Å². The molecule has 2 heteroatoms. The second-order valence-electron chi connectivity index (χ2n) is 2.77. The van der Waals surface area contributed by atoms with Gasteiger partial charge in [0, 0.05) is 3.92 Å². The Morgan fingerprint density at radius 1 is 1.50 bits per heavy atom. The van der Waals surface area contributed by atoms with Crippen molar-refractivity contribution in [2.75, 3.05) is 13.1 Å². The van der Waals surface area contributed by atoms with Gasteiger partial charge in [0.25, 0.3) is 0 Å². The molecule has 1 fully saturated rings. The van der Waals surface area contributed by atoms with E-state index in [1.165, 1.54) is 25.9 Å². The Kier molecular flexibility index (Phi) is 3.70. The number of rotatable bonds is 2. The van der Waals surface area contributed by atoms with Crippen LogP contribution in [0.15, 0.2) is 12.7 Å². The van der Waals surface area contributed by atoms with Gasteiger partial charge in [-0.15, -0.1) is 6.58 Å². The fraction of sp³-hybridized carbons (Fsp3) is 0.750. The molecule has 0 spiro atoms. The molecule has 0 amide bonds. The molecule has 58 valence electrons. The van der Waals surface area contributed by atoms with Gasteiger partial charge in [-0.3, -0.25) is 0 Å². The molecule has 1 nitrogen and oxygen atoms in total. The average molecular weight is 251 g/mol. The Morgan fingerprint density at radius 2 is 2.10 bits per heavy atom. The van der Waals surface area contributed by atoms with Crippen LogP contribution in [0.1, 0.15) is 12.8 Å². The van der Waals surface area contributed by atoms with Crippen LogP contribution >= 0.6 is 22.6 Å². The van der Waals surface area contributed by atoms with Crippen molar-refractivity contribution in [3.8, 4) is 0 Å². The van der Waals surface area contributed by atoms with Crippen molar-refractivity contribution in [3.05, 3.63) is 12.7 Å². The average Bonchev–Trinajstić information content (AvgIpc) is 2.05. The first-order valence-corrected chi connectivity index (χ1v) is 5.06. The van der Waals surface area contributed by atoms with Crippen LogP contribution in [0.3, 0.4) is 0 Å². The molecule has 1 N–H and O–H groups in total. The summed E-state index contributed by atoms with van der Waals surface area (Å²) in [7, 11) is 0. The van der Waals surface area contributed by atoms with Gasteiger partial charge < -0.3 is 5.32 Å². The molecule has 1 heterocycles. The molecule has 10 heavy (non-hydrogen) atoms. The summed E-state index contributed by atoms with van der Waals surface area (Å²) in [6.45, 7) is 6.19. The van der Waals surface area contributed by atoms with Gasteiger partial charge in [-0.2, -0.15) is 0 Å². The molecule has 1 aliphatic rings. The molecule has 0 bridgehead atoms. The summed E-state index contributed by atoms with van der Waals surface area (Å²) in [5, 5.41) is 3.36. The van der Waals surface area contributed by atoms with E-state index in [-0.39, 0.29) is 0 Å². The van der Waals surface area contributed by atoms with Crippen LogP contribution in [-0.4, -0.2) is 17.0 Å². The van der Waals surface area contributed by atoms with Crippen LogP contribution in [0.4, 0.5) is 0 Å². The number of hydrogen-bond acceptors (Lipinski definition) is 1. The third kappa shape index (κ3) is 2.23. The molecule has 1 aliphatic heterocycles. The number of nitrogens with one attached hydrogen (secondary N) is 1. The van der Waals surface area contributed by atoms with Crippen LogP contribution in [-0.2, 0) is 0 Å². The predicted octanol–water partition coefficient (Wildman–Crippen LogP) is 1.98. The zero-order valence-electron chi connectivity index (χ0n) is 6.15. The second-order valence-corrected chi connectivity index (χ2v) is 4.21. The standard InChI is InChI=1S/C8H14IN/c1-2-8(9)7-3-5-10-6-4-7/h2,7-8,10H,1,3-6H2. The summed E-state index contributed by atoms with van der Waals surface area (Å²) in [5.74, 6) is 0.874. The van der Waals surface area contributed by atoms with Gasteiger partial charge in [0.2, 0.25) is 0 Å². The molecule has 0 saturated carbocycles. The van der Waals surface area contributed by atoms with Gasteiger partial charge >= 0.3 is 0 Å². The van der Waals surface area contributed by atoms with E-state index in [1.807, 2.05) is 0 Å². The maximum atomic E-state index is 3.81. The van der Waals surface area contributed by atoms with E-state index >= 15 is 0 Å². The van der Waals surface area contributed by atoms with Crippen molar-refractivity contribution in [1.29, 1.82) is 0 Å². The zero-order chi connectivity index (χ0) is 7.40. The Bertz CT molecular complexity index is 108. The summed E-state index contributed by atoms with van der Waals surface area (Å²) in [4.78, 5) is 0. The fourth-order valence-electron chi connectivity index (χ4n) is 1.36. The van der Waals surface area contributed by atoms with Crippen molar-refractivity contribution in [3.63, 3.8) is 0 Å². The molecule has 1 unspecified atom stereocenters. The van der Waals surface area contributed by atoms with Crippen LogP contribution in [0, 0.1) is 5.92 Å². The normalized spacial score (nSPS) is 24.1. The number of allylic oxidation sites excluding steroid dienone is 1. The van der Waals surface area contributed by atoms with Gasteiger partial charge in [0.05, 0.1) is 0 Å². The number of halogens is 1. The Morgan fingerprint density at radius 3 is 2.60 bits per heavy atom. The predicted molar refractivity (Wildman–Crippen MR) is 53.6 cm³/mol. The number of hydrogen-bond donors (Lipinski definition) is 1. The third-order valence-electron chi connectivity index (χ3n) is 2.06. The zero-order valence-corrected chi connectivity index (χ0v) is 8.30. The highest BCUT2D eigenvalue weighted by Crippen LogP contribution is 2.22. The lowest BCUT2D eigenvalue weighted by Gasteiger charge is -2.24. The third-order valence-corrected chi connectivity index (χ3v) is 3.58. The van der Waals surface area contributed by atoms with Crippen molar-refractivity contribution < 1.29 is 0 Å². The lowest BCUT2D eigenvalue weighted by atomic mass is 9.95. The molecule has 0 aromatic rings. The topological polar surface area (TPSA) is 12.0 Å². The molecule has 0 aromatic carbocycles. The van der Waals surface area contributed by atoms with E-state index in [0.29, 0.717) is 3.92 Å². The summed E-state index contributed by atoms with van der Waals surface area (Å²) in [5.41, 5.74) is 0. The van der Waals surface area contributed by atoms with Gasteiger partial charge in [-0.1, -0.05) is 28.7 Å². The Hall–Kier alpha value is 0.430. The lowest BCUT2D eigenvalue weighted by Crippen LogP contribution is -2.31. The molecule has 1 atom stereocenters. The maximum absolute atomic E-state index is 3.81. The van der Waals surface area contributed by atoms with Crippen LogP contribution in [0.5, 0.6) is 0 Å². The first-order chi connectivity index (χ1) is 4.84. The van der Waals surface area contributed by atoms with Gasteiger partial charge in [-0.05, 0) is 31.8 Å². The van der Waals surface area contributed by atoms with E-state index in [2.05, 4.69) is 40.6 Å². The highest BCUT2D eigenvalue weighted by molar-refractivity contribution is 14.1. The van der Waals surface area contributed by atoms with Crippen molar-refractivity contribution in [1.82, 2.24) is 5.32 Å². The van der Waals surface area contributed by atoms with Gasteiger partial charge in [0.1, 0.15) is 0 Å². The molecule has 0 aliphatic carbocycles. The second kappa shape index (κ2) is 4.34. The minimum absolute atomic E-state index is 0.680. The van der Waals surface area contributed by atoms with E-state index in [4.69, 9.17) is 0 Å². The molecule has 1 rings (SSSR count). The largest absolute Gasteiger partial charge is 0.317 e. The van der Waals surface area contributed by atoms with Crippen molar-refractivity contribution >= 4 is 22.6 Å². The highest BCUT2D eigenvalue weighted by atomic mass is 127. The monoisotopic (exact) mass is 251 g/mol. The Balaban J connectivity index is 2.30. The summed E-state index contributed by atoms with van der Waals surface area (Å²) < 4.78 is 0.680. The first kappa shape index (κ1) is 8.53. The van der Waals surface area contributed by atoms with E-state index < -0.39 is 0 Å². The smallest absolute Gasteiger partial charge is 0.0316 e. The minimum atomic E-state index is 0.680. The lowest BCUT2D eigenvalue weighted by molar-refractivity contribution is 0.390. The summed E-state index contributed by atoms with van der Waals surface area (Å²) >= 11 is 2.48. The molecule has 0 aromatic heterocycles. The van der Waals surface area contributed by atoms with Crippen LogP contribution in [0.25, 0.3) is 0 Å². The fourth-order valence-corrected chi connectivity index (χ4v) is 2.07. The highest BCUT2D eigenvalue weighted by Gasteiger charge is 2.17. The minimum Gasteiger partial charge on any atom is -0.317 e. The van der Waals surface area contributed by atoms with Crippen LogP contribution < -0.4 is 5.32 Å². The SMILES string of the molecule is C=CC(I)C1CCNCC1. The summed E-state index contributed by atoms with van der Waals surface area (Å²) in [6.07, 6.45) is 4.70. The molecular weight excluding hydrogens is 237 g/mol. The quantitative estimate of drug-likeness (QED) is 0.449. The van der Waals surface area contributed by atoms with Crippen molar-refractivity contribution in [2.45, 2.75) is 16.8 Å². The maximum Gasteiger partial charge on any atom is 0.0316 e. The van der Waals surface area contributed by atoms with E-state index in [9.17, 15) is 0 Å². The molecule has 1 saturated heterocycles.